The van der Waals surface area contributed by atoms with Gasteiger partial charge in [-0.15, -0.1) is 0 Å². The summed E-state index contributed by atoms with van der Waals surface area (Å²) in [4.78, 5) is 14.0. The summed E-state index contributed by atoms with van der Waals surface area (Å²) >= 11 is 0. The lowest BCUT2D eigenvalue weighted by Gasteiger charge is -2.32. The minimum atomic E-state index is -0.460. The van der Waals surface area contributed by atoms with E-state index in [1.807, 2.05) is 6.07 Å². The van der Waals surface area contributed by atoms with Crippen LogP contribution in [0.4, 0.5) is 11.4 Å². The van der Waals surface area contributed by atoms with Crippen LogP contribution in [-0.4, -0.2) is 37.0 Å². The van der Waals surface area contributed by atoms with E-state index in [1.165, 1.54) is 18.4 Å². The van der Waals surface area contributed by atoms with Gasteiger partial charge in [0.15, 0.2) is 0 Å². The van der Waals surface area contributed by atoms with Crippen molar-refractivity contribution in [2.75, 3.05) is 37.2 Å². The highest BCUT2D eigenvalue weighted by molar-refractivity contribution is 5.99. The SMILES string of the molecule is NC(=O)c1cc(N)ccc1NCCN1CCC(c2ccccc2)CC1. The second kappa shape index (κ2) is 8.03. The van der Waals surface area contributed by atoms with E-state index in [4.69, 9.17) is 11.5 Å². The lowest BCUT2D eigenvalue weighted by molar-refractivity contribution is 0.100. The Bertz CT molecular complexity index is 709. The van der Waals surface area contributed by atoms with Crippen LogP contribution < -0.4 is 16.8 Å². The monoisotopic (exact) mass is 338 g/mol. The predicted molar refractivity (Wildman–Crippen MR) is 103 cm³/mol. The van der Waals surface area contributed by atoms with Crippen molar-refractivity contribution in [1.29, 1.82) is 0 Å². The molecule has 5 nitrogen and oxygen atoms in total. The fourth-order valence-corrected chi connectivity index (χ4v) is 3.48. The van der Waals surface area contributed by atoms with Crippen LogP contribution in [0.3, 0.4) is 0 Å². The molecule has 3 rings (SSSR count). The third-order valence-corrected chi connectivity index (χ3v) is 4.91. The Balaban J connectivity index is 1.47. The average Bonchev–Trinajstić information content (AvgIpc) is 2.64. The molecule has 1 amide bonds. The summed E-state index contributed by atoms with van der Waals surface area (Å²) in [5, 5.41) is 3.31. The van der Waals surface area contributed by atoms with Crippen molar-refractivity contribution in [1.82, 2.24) is 4.90 Å². The number of benzene rings is 2. The number of hydrogen-bond donors (Lipinski definition) is 3. The Labute approximate surface area is 149 Å². The summed E-state index contributed by atoms with van der Waals surface area (Å²) in [6, 6.07) is 16.0. The van der Waals surface area contributed by atoms with Crippen molar-refractivity contribution >= 4 is 17.3 Å². The van der Waals surface area contributed by atoms with Crippen molar-refractivity contribution in [2.24, 2.45) is 5.73 Å². The first kappa shape index (κ1) is 17.3. The summed E-state index contributed by atoms with van der Waals surface area (Å²) in [5.41, 5.74) is 14.3. The zero-order valence-electron chi connectivity index (χ0n) is 14.4. The molecule has 0 bridgehead atoms. The number of rotatable bonds is 6. The molecule has 2 aromatic rings. The summed E-state index contributed by atoms with van der Waals surface area (Å²) in [5.74, 6) is 0.211. The Hall–Kier alpha value is -2.53. The molecule has 0 saturated carbocycles. The maximum Gasteiger partial charge on any atom is 0.250 e. The molecule has 25 heavy (non-hydrogen) atoms. The lowest BCUT2D eigenvalue weighted by atomic mass is 9.89. The molecule has 0 atom stereocenters. The summed E-state index contributed by atoms with van der Waals surface area (Å²) in [6.07, 6.45) is 2.39. The minimum Gasteiger partial charge on any atom is -0.399 e. The number of nitrogens with two attached hydrogens (primary N) is 2. The van der Waals surface area contributed by atoms with E-state index in [0.29, 0.717) is 17.2 Å². The maximum absolute atomic E-state index is 11.5. The fourth-order valence-electron chi connectivity index (χ4n) is 3.48. The first-order chi connectivity index (χ1) is 12.1. The summed E-state index contributed by atoms with van der Waals surface area (Å²) in [6.45, 7) is 3.93. The van der Waals surface area contributed by atoms with Gasteiger partial charge in [-0.3, -0.25) is 4.79 Å². The van der Waals surface area contributed by atoms with Gasteiger partial charge in [-0.1, -0.05) is 30.3 Å². The first-order valence-electron chi connectivity index (χ1n) is 8.84. The number of nitrogens with one attached hydrogen (secondary N) is 1. The zero-order chi connectivity index (χ0) is 17.6. The number of piperidine rings is 1. The topological polar surface area (TPSA) is 84.4 Å². The molecule has 0 radical (unpaired) electrons. The Morgan fingerprint density at radius 2 is 1.84 bits per heavy atom. The van der Waals surface area contributed by atoms with Gasteiger partial charge in [-0.2, -0.15) is 0 Å². The number of nitrogens with zero attached hydrogens (tertiary/aromatic N) is 1. The average molecular weight is 338 g/mol. The van der Waals surface area contributed by atoms with E-state index in [9.17, 15) is 4.79 Å². The number of carbonyl (C=O) groups excluding carboxylic acids is 1. The molecule has 0 aliphatic carbocycles. The maximum atomic E-state index is 11.5. The molecule has 5 heteroatoms. The van der Waals surface area contributed by atoms with E-state index < -0.39 is 5.91 Å². The highest BCUT2D eigenvalue weighted by Crippen LogP contribution is 2.27. The van der Waals surface area contributed by atoms with Crippen molar-refractivity contribution in [3.63, 3.8) is 0 Å². The van der Waals surface area contributed by atoms with Gasteiger partial charge in [0.05, 0.1) is 5.56 Å². The Kier molecular flexibility index (Phi) is 5.56. The predicted octanol–water partition coefficient (Wildman–Crippen LogP) is 2.66. The summed E-state index contributed by atoms with van der Waals surface area (Å²) in [7, 11) is 0. The van der Waals surface area contributed by atoms with Crippen molar-refractivity contribution < 1.29 is 4.79 Å². The van der Waals surface area contributed by atoms with Gasteiger partial charge in [0.2, 0.25) is 0 Å². The van der Waals surface area contributed by atoms with Gasteiger partial charge in [-0.05, 0) is 55.6 Å². The molecule has 132 valence electrons. The van der Waals surface area contributed by atoms with Gasteiger partial charge in [-0.25, -0.2) is 0 Å². The van der Waals surface area contributed by atoms with Crippen LogP contribution in [0.1, 0.15) is 34.7 Å². The third-order valence-electron chi connectivity index (χ3n) is 4.91. The molecular formula is C20H26N4O. The van der Waals surface area contributed by atoms with Gasteiger partial charge >= 0.3 is 0 Å². The van der Waals surface area contributed by atoms with Crippen LogP contribution >= 0.6 is 0 Å². The molecule has 0 unspecified atom stereocenters. The summed E-state index contributed by atoms with van der Waals surface area (Å²) < 4.78 is 0. The lowest BCUT2D eigenvalue weighted by Crippen LogP contribution is -2.36. The smallest absolute Gasteiger partial charge is 0.250 e. The molecular weight excluding hydrogens is 312 g/mol. The standard InChI is InChI=1S/C20H26N4O/c21-17-6-7-19(18(14-17)20(22)25)23-10-13-24-11-8-16(9-12-24)15-4-2-1-3-5-15/h1-7,14,16,23H,8-13,21H2,(H2,22,25). The van der Waals surface area contributed by atoms with Crippen molar-refractivity contribution in [2.45, 2.75) is 18.8 Å². The zero-order valence-corrected chi connectivity index (χ0v) is 14.4. The first-order valence-corrected chi connectivity index (χ1v) is 8.84. The van der Waals surface area contributed by atoms with Gasteiger partial charge in [0, 0.05) is 24.5 Å². The van der Waals surface area contributed by atoms with Crippen molar-refractivity contribution in [3.8, 4) is 0 Å². The van der Waals surface area contributed by atoms with Crippen LogP contribution in [0.15, 0.2) is 48.5 Å². The number of carbonyl (C=O) groups is 1. The van der Waals surface area contributed by atoms with Gasteiger partial charge in [0.25, 0.3) is 5.91 Å². The van der Waals surface area contributed by atoms with Crippen LogP contribution in [0, 0.1) is 0 Å². The van der Waals surface area contributed by atoms with Crippen LogP contribution in [-0.2, 0) is 0 Å². The van der Waals surface area contributed by atoms with Crippen molar-refractivity contribution in [3.05, 3.63) is 59.7 Å². The number of amides is 1. The van der Waals surface area contributed by atoms with E-state index in [-0.39, 0.29) is 0 Å². The molecule has 1 aliphatic rings. The molecule has 5 N–H and O–H groups in total. The molecule has 1 heterocycles. The van der Waals surface area contributed by atoms with E-state index >= 15 is 0 Å². The third kappa shape index (κ3) is 4.51. The number of anilines is 2. The second-order valence-corrected chi connectivity index (χ2v) is 6.62. The quantitative estimate of drug-likeness (QED) is 0.707. The van der Waals surface area contributed by atoms with Crippen LogP contribution in [0.5, 0.6) is 0 Å². The number of hydrogen-bond acceptors (Lipinski definition) is 4. The molecule has 1 aliphatic heterocycles. The van der Waals surface area contributed by atoms with E-state index in [0.717, 1.165) is 31.9 Å². The largest absolute Gasteiger partial charge is 0.399 e. The number of nitrogen functional groups attached to an aromatic ring is 1. The fraction of sp³-hybridized carbons (Fsp3) is 0.350. The van der Waals surface area contributed by atoms with Crippen LogP contribution in [0.2, 0.25) is 0 Å². The number of likely N-dealkylation sites (tertiary alicyclic amines) is 1. The van der Waals surface area contributed by atoms with Crippen LogP contribution in [0.25, 0.3) is 0 Å². The van der Waals surface area contributed by atoms with Gasteiger partial charge in [0.1, 0.15) is 0 Å². The molecule has 0 aromatic heterocycles. The minimum absolute atomic E-state index is 0.447. The highest BCUT2D eigenvalue weighted by atomic mass is 16.1. The second-order valence-electron chi connectivity index (χ2n) is 6.62. The molecule has 1 fully saturated rings. The van der Waals surface area contributed by atoms with E-state index in [1.54, 1.807) is 12.1 Å². The Morgan fingerprint density at radius 3 is 2.52 bits per heavy atom. The highest BCUT2D eigenvalue weighted by Gasteiger charge is 2.20. The van der Waals surface area contributed by atoms with Gasteiger partial charge < -0.3 is 21.7 Å². The normalized spacial score (nSPS) is 15.8. The molecule has 2 aromatic carbocycles. The molecule has 1 saturated heterocycles. The molecule has 0 spiro atoms. The Morgan fingerprint density at radius 1 is 1.12 bits per heavy atom. The number of primary amides is 1. The van der Waals surface area contributed by atoms with E-state index in [2.05, 4.69) is 40.5 Å².